The van der Waals surface area contributed by atoms with E-state index in [0.29, 0.717) is 0 Å². The van der Waals surface area contributed by atoms with Crippen molar-refractivity contribution in [3.05, 3.63) is 17.5 Å². The van der Waals surface area contributed by atoms with E-state index in [1.54, 1.807) is 0 Å². The van der Waals surface area contributed by atoms with Crippen LogP contribution in [0.5, 0.6) is 0 Å². The lowest BCUT2D eigenvalue weighted by atomic mass is 10.2. The first-order valence-corrected chi connectivity index (χ1v) is 4.65. The van der Waals surface area contributed by atoms with Gasteiger partial charge < -0.3 is 4.74 Å². The molecule has 0 unspecified atom stereocenters. The van der Waals surface area contributed by atoms with Crippen LogP contribution < -0.4 is 0 Å². The first-order chi connectivity index (χ1) is 6.36. The Morgan fingerprint density at radius 1 is 1.54 bits per heavy atom. The fraction of sp³-hybridized carbons (Fsp3) is 0.667. The molecule has 1 aliphatic heterocycles. The van der Waals surface area contributed by atoms with Gasteiger partial charge >= 0.3 is 0 Å². The average Bonchev–Trinajstić information content (AvgIpc) is 2.54. The van der Waals surface area contributed by atoms with Crippen LogP contribution in [0.25, 0.3) is 0 Å². The number of H-pyrrole nitrogens is 1. The summed E-state index contributed by atoms with van der Waals surface area (Å²) in [5, 5.41) is 7.02. The highest BCUT2D eigenvalue weighted by molar-refractivity contribution is 5.13. The Morgan fingerprint density at radius 3 is 2.92 bits per heavy atom. The summed E-state index contributed by atoms with van der Waals surface area (Å²) >= 11 is 0. The van der Waals surface area contributed by atoms with E-state index in [-0.39, 0.29) is 0 Å². The molecule has 13 heavy (non-hydrogen) atoms. The Hall–Kier alpha value is -0.870. The number of nitrogens with one attached hydrogen (secondary N) is 1. The topological polar surface area (TPSA) is 41.2 Å². The third-order valence-electron chi connectivity index (χ3n) is 2.42. The molecule has 1 fully saturated rings. The van der Waals surface area contributed by atoms with E-state index in [1.807, 2.05) is 6.20 Å². The van der Waals surface area contributed by atoms with Crippen LogP contribution in [-0.2, 0) is 11.3 Å². The molecule has 0 radical (unpaired) electrons. The standard InChI is InChI=1S/C9H15N3O/c1-8-6-10-11-9(8)7-12-2-4-13-5-3-12/h6H,2-5,7H2,1H3,(H,10,11). The zero-order valence-electron chi connectivity index (χ0n) is 7.92. The number of morpholine rings is 1. The molecule has 72 valence electrons. The van der Waals surface area contributed by atoms with Crippen LogP contribution >= 0.6 is 0 Å². The summed E-state index contributed by atoms with van der Waals surface area (Å²) in [7, 11) is 0. The van der Waals surface area contributed by atoms with Crippen molar-refractivity contribution in [2.75, 3.05) is 26.3 Å². The van der Waals surface area contributed by atoms with E-state index in [2.05, 4.69) is 22.0 Å². The summed E-state index contributed by atoms with van der Waals surface area (Å²) in [6.07, 6.45) is 1.87. The lowest BCUT2D eigenvalue weighted by Gasteiger charge is -2.26. The molecule has 4 nitrogen and oxygen atoms in total. The summed E-state index contributed by atoms with van der Waals surface area (Å²) < 4.78 is 5.28. The van der Waals surface area contributed by atoms with Crippen molar-refractivity contribution in [3.8, 4) is 0 Å². The average molecular weight is 181 g/mol. The van der Waals surface area contributed by atoms with Crippen molar-refractivity contribution in [2.24, 2.45) is 0 Å². The Morgan fingerprint density at radius 2 is 2.31 bits per heavy atom. The Balaban J connectivity index is 1.93. The number of aromatic amines is 1. The van der Waals surface area contributed by atoms with Gasteiger partial charge in [0.25, 0.3) is 0 Å². The van der Waals surface area contributed by atoms with Crippen LogP contribution in [0.15, 0.2) is 6.20 Å². The number of rotatable bonds is 2. The first kappa shape index (κ1) is 8.72. The molecule has 0 spiro atoms. The molecule has 0 saturated carbocycles. The predicted octanol–water partition coefficient (Wildman–Crippen LogP) is 0.550. The third kappa shape index (κ3) is 2.08. The Bertz CT molecular complexity index is 266. The maximum atomic E-state index is 5.28. The van der Waals surface area contributed by atoms with E-state index in [4.69, 9.17) is 4.74 Å². The van der Waals surface area contributed by atoms with Gasteiger partial charge in [0.05, 0.1) is 25.1 Å². The molecule has 2 heterocycles. The van der Waals surface area contributed by atoms with E-state index in [0.717, 1.165) is 32.8 Å². The summed E-state index contributed by atoms with van der Waals surface area (Å²) in [4.78, 5) is 2.38. The van der Waals surface area contributed by atoms with Gasteiger partial charge in [-0.2, -0.15) is 5.10 Å². The van der Waals surface area contributed by atoms with Crippen LogP contribution in [0, 0.1) is 6.92 Å². The van der Waals surface area contributed by atoms with Crippen molar-refractivity contribution in [1.82, 2.24) is 15.1 Å². The quantitative estimate of drug-likeness (QED) is 0.724. The largest absolute Gasteiger partial charge is 0.379 e. The fourth-order valence-electron chi connectivity index (χ4n) is 1.52. The highest BCUT2D eigenvalue weighted by Gasteiger charge is 2.12. The van der Waals surface area contributed by atoms with Gasteiger partial charge in [-0.15, -0.1) is 0 Å². The van der Waals surface area contributed by atoms with Gasteiger partial charge in [0, 0.05) is 19.6 Å². The molecule has 0 aliphatic carbocycles. The molecule has 0 amide bonds. The van der Waals surface area contributed by atoms with Gasteiger partial charge in [-0.1, -0.05) is 0 Å². The van der Waals surface area contributed by atoms with Crippen molar-refractivity contribution in [2.45, 2.75) is 13.5 Å². The molecule has 1 aromatic heterocycles. The molecule has 1 saturated heterocycles. The molecule has 1 N–H and O–H groups in total. The number of aromatic nitrogens is 2. The Kier molecular flexibility index (Phi) is 2.61. The molecule has 1 aliphatic rings. The molecule has 1 aromatic rings. The monoisotopic (exact) mass is 181 g/mol. The van der Waals surface area contributed by atoms with Gasteiger partial charge in [0.1, 0.15) is 0 Å². The maximum absolute atomic E-state index is 5.28. The molecular weight excluding hydrogens is 166 g/mol. The van der Waals surface area contributed by atoms with Crippen LogP contribution in [0.3, 0.4) is 0 Å². The van der Waals surface area contributed by atoms with Crippen molar-refractivity contribution >= 4 is 0 Å². The molecular formula is C9H15N3O. The molecule has 4 heteroatoms. The summed E-state index contributed by atoms with van der Waals surface area (Å²) in [6, 6.07) is 0. The van der Waals surface area contributed by atoms with Crippen LogP contribution in [0.1, 0.15) is 11.3 Å². The van der Waals surface area contributed by atoms with Gasteiger partial charge in [-0.3, -0.25) is 10.00 Å². The fourth-order valence-corrected chi connectivity index (χ4v) is 1.52. The number of aryl methyl sites for hydroxylation is 1. The number of hydrogen-bond donors (Lipinski definition) is 1. The molecule has 2 rings (SSSR count). The van der Waals surface area contributed by atoms with E-state index >= 15 is 0 Å². The smallest absolute Gasteiger partial charge is 0.0594 e. The number of ether oxygens (including phenoxy) is 1. The third-order valence-corrected chi connectivity index (χ3v) is 2.42. The lowest BCUT2D eigenvalue weighted by molar-refractivity contribution is 0.0335. The van der Waals surface area contributed by atoms with Gasteiger partial charge in [-0.25, -0.2) is 0 Å². The second-order valence-corrected chi connectivity index (χ2v) is 3.42. The predicted molar refractivity (Wildman–Crippen MR) is 49.4 cm³/mol. The maximum Gasteiger partial charge on any atom is 0.0594 e. The van der Waals surface area contributed by atoms with Gasteiger partial charge in [0.15, 0.2) is 0 Å². The highest BCUT2D eigenvalue weighted by Crippen LogP contribution is 2.07. The zero-order valence-corrected chi connectivity index (χ0v) is 7.92. The summed E-state index contributed by atoms with van der Waals surface area (Å²) in [6.45, 7) is 6.81. The Labute approximate surface area is 77.9 Å². The molecule has 0 atom stereocenters. The zero-order chi connectivity index (χ0) is 9.10. The van der Waals surface area contributed by atoms with Crippen LogP contribution in [0.2, 0.25) is 0 Å². The molecule has 0 aromatic carbocycles. The first-order valence-electron chi connectivity index (χ1n) is 4.65. The SMILES string of the molecule is Cc1cn[nH]c1CN1CCOCC1. The summed E-state index contributed by atoms with van der Waals surface area (Å²) in [5.41, 5.74) is 2.47. The summed E-state index contributed by atoms with van der Waals surface area (Å²) in [5.74, 6) is 0. The van der Waals surface area contributed by atoms with Crippen LogP contribution in [-0.4, -0.2) is 41.4 Å². The minimum absolute atomic E-state index is 0.854. The van der Waals surface area contributed by atoms with E-state index in [1.165, 1.54) is 11.3 Å². The van der Waals surface area contributed by atoms with E-state index in [9.17, 15) is 0 Å². The molecule has 0 bridgehead atoms. The minimum atomic E-state index is 0.854. The van der Waals surface area contributed by atoms with Gasteiger partial charge in [0.2, 0.25) is 0 Å². The number of hydrogen-bond acceptors (Lipinski definition) is 3. The second-order valence-electron chi connectivity index (χ2n) is 3.42. The van der Waals surface area contributed by atoms with E-state index < -0.39 is 0 Å². The van der Waals surface area contributed by atoms with Crippen LogP contribution in [0.4, 0.5) is 0 Å². The van der Waals surface area contributed by atoms with Gasteiger partial charge in [-0.05, 0) is 12.5 Å². The number of nitrogens with zero attached hydrogens (tertiary/aromatic N) is 2. The normalized spacial score (nSPS) is 19.2. The minimum Gasteiger partial charge on any atom is -0.379 e. The van der Waals surface area contributed by atoms with Crippen molar-refractivity contribution in [1.29, 1.82) is 0 Å². The lowest BCUT2D eigenvalue weighted by Crippen LogP contribution is -2.35. The highest BCUT2D eigenvalue weighted by atomic mass is 16.5. The second kappa shape index (κ2) is 3.89. The van der Waals surface area contributed by atoms with Crippen molar-refractivity contribution < 1.29 is 4.74 Å². The van der Waals surface area contributed by atoms with Crippen molar-refractivity contribution in [3.63, 3.8) is 0 Å².